The maximum atomic E-state index is 13.0. The van der Waals surface area contributed by atoms with E-state index in [1.54, 1.807) is 12.4 Å². The van der Waals surface area contributed by atoms with Gasteiger partial charge in [-0.1, -0.05) is 0 Å². The molecule has 2 aromatic rings. The molecule has 0 aliphatic carbocycles. The first-order chi connectivity index (χ1) is 8.74. The highest BCUT2D eigenvalue weighted by atomic mass is 19.1. The molecule has 0 saturated heterocycles. The molecule has 0 aliphatic heterocycles. The van der Waals surface area contributed by atoms with Crippen molar-refractivity contribution in [1.29, 1.82) is 0 Å². The lowest BCUT2D eigenvalue weighted by Crippen LogP contribution is -2.06. The Bertz CT molecular complexity index is 525. The molecule has 5 heteroatoms. The summed E-state index contributed by atoms with van der Waals surface area (Å²) < 4.78 is 20.2. The Labute approximate surface area is 105 Å². The van der Waals surface area contributed by atoms with Gasteiger partial charge in [-0.3, -0.25) is 0 Å². The van der Waals surface area contributed by atoms with E-state index >= 15 is 0 Å². The van der Waals surface area contributed by atoms with Crippen LogP contribution in [-0.4, -0.2) is 16.7 Å². The van der Waals surface area contributed by atoms with Crippen LogP contribution in [0.15, 0.2) is 30.7 Å². The monoisotopic (exact) mass is 249 g/mol. The Kier molecular flexibility index (Phi) is 3.82. The summed E-state index contributed by atoms with van der Waals surface area (Å²) in [7, 11) is 1.52. The van der Waals surface area contributed by atoms with Gasteiger partial charge >= 0.3 is 0 Å². The fourth-order valence-electron chi connectivity index (χ4n) is 1.78. The Morgan fingerprint density at radius 3 is 3.00 bits per heavy atom. The van der Waals surface area contributed by atoms with Crippen molar-refractivity contribution in [2.75, 3.05) is 12.4 Å². The summed E-state index contributed by atoms with van der Waals surface area (Å²) in [5, 5.41) is 3.22. The molecule has 2 rings (SSSR count). The van der Waals surface area contributed by atoms with Gasteiger partial charge in [0.2, 0.25) is 0 Å². The van der Waals surface area contributed by atoms with E-state index in [2.05, 4.69) is 17.2 Å². The highest BCUT2D eigenvalue weighted by Gasteiger charge is 2.05. The fourth-order valence-corrected chi connectivity index (χ4v) is 1.78. The van der Waals surface area contributed by atoms with Crippen LogP contribution in [0.5, 0.6) is 5.75 Å². The van der Waals surface area contributed by atoms with Gasteiger partial charge in [-0.05, 0) is 19.1 Å². The largest absolute Gasteiger partial charge is 0.494 e. The summed E-state index contributed by atoms with van der Waals surface area (Å²) in [5.41, 5.74) is 1.84. The number of hydrogen-bond donors (Lipinski definition) is 1. The summed E-state index contributed by atoms with van der Waals surface area (Å²) in [6.07, 6.45) is 3.60. The number of aromatic nitrogens is 2. The van der Waals surface area contributed by atoms with Crippen molar-refractivity contribution in [2.45, 2.75) is 20.0 Å². The van der Waals surface area contributed by atoms with Gasteiger partial charge in [-0.2, -0.15) is 0 Å². The number of nitrogens with one attached hydrogen (secondary N) is 1. The molecule has 0 amide bonds. The van der Waals surface area contributed by atoms with E-state index in [1.165, 1.54) is 19.2 Å². The third kappa shape index (κ3) is 2.61. The third-order valence-electron chi connectivity index (χ3n) is 2.76. The zero-order chi connectivity index (χ0) is 13.0. The molecule has 0 atom stereocenters. The van der Waals surface area contributed by atoms with Gasteiger partial charge in [-0.25, -0.2) is 9.37 Å². The molecule has 0 aliphatic rings. The number of nitrogens with zero attached hydrogens (tertiary/aromatic N) is 2. The first-order valence-corrected chi connectivity index (χ1v) is 5.81. The van der Waals surface area contributed by atoms with Crippen LogP contribution >= 0.6 is 0 Å². The van der Waals surface area contributed by atoms with Crippen molar-refractivity contribution in [3.05, 3.63) is 42.2 Å². The van der Waals surface area contributed by atoms with Crippen molar-refractivity contribution in [3.63, 3.8) is 0 Å². The van der Waals surface area contributed by atoms with E-state index in [4.69, 9.17) is 4.74 Å². The Morgan fingerprint density at radius 2 is 2.28 bits per heavy atom. The lowest BCUT2D eigenvalue weighted by Gasteiger charge is -2.12. The molecule has 0 spiro atoms. The van der Waals surface area contributed by atoms with Crippen molar-refractivity contribution < 1.29 is 9.13 Å². The van der Waals surface area contributed by atoms with Gasteiger partial charge < -0.3 is 14.6 Å². The Hall–Kier alpha value is -2.04. The summed E-state index contributed by atoms with van der Waals surface area (Å²) in [6.45, 7) is 3.55. The first kappa shape index (κ1) is 12.4. The molecule has 0 saturated carbocycles. The van der Waals surface area contributed by atoms with E-state index < -0.39 is 0 Å². The predicted octanol–water partition coefficient (Wildman–Crippen LogP) is 2.66. The average Bonchev–Trinajstić information content (AvgIpc) is 2.84. The van der Waals surface area contributed by atoms with Crippen molar-refractivity contribution in [1.82, 2.24) is 9.55 Å². The number of ether oxygens (including phenoxy) is 1. The van der Waals surface area contributed by atoms with Gasteiger partial charge in [0.15, 0.2) is 0 Å². The number of methoxy groups -OCH3 is 1. The van der Waals surface area contributed by atoms with Crippen molar-refractivity contribution in [3.8, 4) is 5.75 Å². The van der Waals surface area contributed by atoms with Gasteiger partial charge in [0, 0.05) is 18.8 Å². The minimum atomic E-state index is -0.309. The normalized spacial score (nSPS) is 10.4. The van der Waals surface area contributed by atoms with Crippen LogP contribution in [-0.2, 0) is 13.1 Å². The third-order valence-corrected chi connectivity index (χ3v) is 2.76. The summed E-state index contributed by atoms with van der Waals surface area (Å²) in [5.74, 6) is 0.188. The minimum absolute atomic E-state index is 0.309. The van der Waals surface area contributed by atoms with E-state index in [1.807, 2.05) is 10.8 Å². The molecule has 0 unspecified atom stereocenters. The number of halogens is 1. The molecular formula is C13H16FN3O. The summed E-state index contributed by atoms with van der Waals surface area (Å²) >= 11 is 0. The van der Waals surface area contributed by atoms with E-state index in [0.717, 1.165) is 17.9 Å². The van der Waals surface area contributed by atoms with Crippen LogP contribution in [0, 0.1) is 5.82 Å². The van der Waals surface area contributed by atoms with Crippen LogP contribution in [0.1, 0.15) is 12.6 Å². The van der Waals surface area contributed by atoms with Crippen LogP contribution < -0.4 is 10.1 Å². The topological polar surface area (TPSA) is 39.1 Å². The molecule has 0 radical (unpaired) electrons. The van der Waals surface area contributed by atoms with Crippen LogP contribution in [0.25, 0.3) is 0 Å². The number of imidazole rings is 1. The maximum Gasteiger partial charge on any atom is 0.144 e. The number of anilines is 1. The molecule has 18 heavy (non-hydrogen) atoms. The lowest BCUT2D eigenvalue weighted by atomic mass is 10.2. The second kappa shape index (κ2) is 5.53. The second-order valence-electron chi connectivity index (χ2n) is 3.87. The maximum absolute atomic E-state index is 13.0. The minimum Gasteiger partial charge on any atom is -0.494 e. The molecule has 0 fully saturated rings. The van der Waals surface area contributed by atoms with Crippen LogP contribution in [0.2, 0.25) is 0 Å². The molecule has 4 nitrogen and oxygen atoms in total. The van der Waals surface area contributed by atoms with Gasteiger partial charge in [-0.15, -0.1) is 0 Å². The van der Waals surface area contributed by atoms with Gasteiger partial charge in [0.25, 0.3) is 0 Å². The molecule has 1 aromatic carbocycles. The summed E-state index contributed by atoms with van der Waals surface area (Å²) in [4.78, 5) is 4.09. The zero-order valence-electron chi connectivity index (χ0n) is 10.5. The Balaban J connectivity index is 2.10. The average molecular weight is 249 g/mol. The highest BCUT2D eigenvalue weighted by molar-refractivity contribution is 5.56. The number of benzene rings is 1. The van der Waals surface area contributed by atoms with Gasteiger partial charge in [0.05, 0.1) is 31.4 Å². The molecule has 1 aromatic heterocycles. The molecule has 96 valence electrons. The quantitative estimate of drug-likeness (QED) is 0.885. The Morgan fingerprint density at radius 1 is 1.44 bits per heavy atom. The summed E-state index contributed by atoms with van der Waals surface area (Å²) in [6, 6.07) is 4.43. The standard InChI is InChI=1S/C13H16FN3O/c1-3-17-9-15-7-11(17)8-16-12-5-4-10(14)6-13(12)18-2/h4-7,9,16H,3,8H2,1-2H3. The molecule has 0 bridgehead atoms. The highest BCUT2D eigenvalue weighted by Crippen LogP contribution is 2.25. The lowest BCUT2D eigenvalue weighted by molar-refractivity contribution is 0.413. The van der Waals surface area contributed by atoms with E-state index in [-0.39, 0.29) is 5.82 Å². The van der Waals surface area contributed by atoms with Gasteiger partial charge in [0.1, 0.15) is 11.6 Å². The molecule has 1 N–H and O–H groups in total. The predicted molar refractivity (Wildman–Crippen MR) is 68.2 cm³/mol. The van der Waals surface area contributed by atoms with Crippen molar-refractivity contribution in [2.24, 2.45) is 0 Å². The number of rotatable bonds is 5. The SMILES string of the molecule is CCn1cncc1CNc1ccc(F)cc1OC. The molecule has 1 heterocycles. The molecular weight excluding hydrogens is 233 g/mol. The first-order valence-electron chi connectivity index (χ1n) is 5.81. The van der Waals surface area contributed by atoms with Crippen molar-refractivity contribution >= 4 is 5.69 Å². The fraction of sp³-hybridized carbons (Fsp3) is 0.308. The van der Waals surface area contributed by atoms with Crippen LogP contribution in [0.3, 0.4) is 0 Å². The smallest absolute Gasteiger partial charge is 0.144 e. The van der Waals surface area contributed by atoms with E-state index in [9.17, 15) is 4.39 Å². The van der Waals surface area contributed by atoms with E-state index in [0.29, 0.717) is 12.3 Å². The second-order valence-corrected chi connectivity index (χ2v) is 3.87. The number of hydrogen-bond acceptors (Lipinski definition) is 3. The number of aryl methyl sites for hydroxylation is 1. The van der Waals surface area contributed by atoms with Crippen LogP contribution in [0.4, 0.5) is 10.1 Å². The zero-order valence-corrected chi connectivity index (χ0v) is 10.5.